The monoisotopic (exact) mass is 350 g/mol. The highest BCUT2D eigenvalue weighted by atomic mass is 79.9. The van der Waals surface area contributed by atoms with Crippen LogP contribution in [0, 0.1) is 0 Å². The van der Waals surface area contributed by atoms with Gasteiger partial charge in [-0.1, -0.05) is 27.5 Å². The topological polar surface area (TPSA) is 0 Å². The summed E-state index contributed by atoms with van der Waals surface area (Å²) >= 11 is 11.6. The zero-order valence-corrected chi connectivity index (χ0v) is 10.6. The molecule has 14 heavy (non-hydrogen) atoms. The number of benzene rings is 1. The predicted molar refractivity (Wildman–Crippen MR) is 56.8 cm³/mol. The fourth-order valence-electron chi connectivity index (χ4n) is 0.929. The zero-order valence-electron chi connectivity index (χ0n) is 6.63. The molecule has 0 aliphatic carbocycles. The van der Waals surface area contributed by atoms with Crippen LogP contribution in [0.2, 0.25) is 5.02 Å². The van der Waals surface area contributed by atoms with Crippen LogP contribution in [0.4, 0.5) is 13.2 Å². The van der Waals surface area contributed by atoms with Crippen molar-refractivity contribution in [3.05, 3.63) is 32.8 Å². The van der Waals surface area contributed by atoms with Crippen molar-refractivity contribution in [1.29, 1.82) is 0 Å². The molecule has 0 heterocycles. The summed E-state index contributed by atoms with van der Waals surface area (Å²) in [5.74, 6) is 0. The molecule has 0 aliphatic rings. The summed E-state index contributed by atoms with van der Waals surface area (Å²) in [6.07, 6.45) is -4.42. The van der Waals surface area contributed by atoms with Crippen molar-refractivity contribution in [1.82, 2.24) is 0 Å². The third kappa shape index (κ3) is 2.64. The number of halogens is 6. The molecule has 0 radical (unpaired) electrons. The van der Waals surface area contributed by atoms with Gasteiger partial charge in [-0.05, 0) is 33.6 Å². The predicted octanol–water partition coefficient (Wildman–Crippen LogP) is 5.02. The van der Waals surface area contributed by atoms with E-state index >= 15 is 0 Å². The van der Waals surface area contributed by atoms with Crippen molar-refractivity contribution in [2.75, 3.05) is 0 Å². The lowest BCUT2D eigenvalue weighted by molar-refractivity contribution is -0.137. The van der Waals surface area contributed by atoms with E-state index in [1.165, 1.54) is 0 Å². The summed E-state index contributed by atoms with van der Waals surface area (Å²) in [6, 6.07) is 2.58. The van der Waals surface area contributed by atoms with Crippen molar-refractivity contribution in [2.24, 2.45) is 0 Å². The van der Waals surface area contributed by atoms with E-state index in [0.29, 0.717) is 10.9 Å². The number of hydrogen-bond donors (Lipinski definition) is 0. The fourth-order valence-corrected chi connectivity index (χ4v) is 1.98. The number of alkyl halides is 4. The second-order valence-corrected chi connectivity index (χ2v) is 4.36. The minimum Gasteiger partial charge on any atom is -0.166 e. The molecule has 1 aromatic carbocycles. The molecule has 0 aromatic heterocycles. The highest BCUT2D eigenvalue weighted by Crippen LogP contribution is 2.39. The molecule has 0 bridgehead atoms. The van der Waals surface area contributed by atoms with Gasteiger partial charge in [0.05, 0.1) is 10.6 Å². The molecule has 0 N–H and O–H groups in total. The maximum absolute atomic E-state index is 12.4. The van der Waals surface area contributed by atoms with E-state index in [1.807, 2.05) is 0 Å². The Hall–Kier alpha value is 0.260. The molecule has 0 saturated carbocycles. The quantitative estimate of drug-likeness (QED) is 0.623. The Balaban J connectivity index is 3.35. The van der Waals surface area contributed by atoms with Gasteiger partial charge in [0.2, 0.25) is 0 Å². The van der Waals surface area contributed by atoms with Crippen LogP contribution in [-0.4, -0.2) is 0 Å². The molecule has 0 atom stereocenters. The smallest absolute Gasteiger partial charge is 0.166 e. The summed E-state index contributed by atoms with van der Waals surface area (Å²) in [4.78, 5) is 0. The molecular formula is C8H4Br2ClF3. The lowest BCUT2D eigenvalue weighted by atomic mass is 10.1. The minimum atomic E-state index is -4.42. The van der Waals surface area contributed by atoms with Crippen molar-refractivity contribution >= 4 is 43.5 Å². The normalized spacial score (nSPS) is 11.9. The van der Waals surface area contributed by atoms with Crippen molar-refractivity contribution < 1.29 is 13.2 Å². The standard InChI is InChI=1S/C8H4Br2ClF3/c9-3-4-1-5(8(12,13)14)7(11)6(10)2-4/h1-2H,3H2. The summed E-state index contributed by atoms with van der Waals surface area (Å²) in [6.45, 7) is 0. The van der Waals surface area contributed by atoms with Crippen LogP contribution in [0.5, 0.6) is 0 Å². The van der Waals surface area contributed by atoms with E-state index in [1.54, 1.807) is 6.07 Å². The van der Waals surface area contributed by atoms with E-state index in [0.717, 1.165) is 6.07 Å². The Morgan fingerprint density at radius 1 is 1.29 bits per heavy atom. The first-order valence-corrected chi connectivity index (χ1v) is 5.76. The first-order valence-electron chi connectivity index (χ1n) is 3.47. The van der Waals surface area contributed by atoms with Crippen LogP contribution in [-0.2, 0) is 11.5 Å². The van der Waals surface area contributed by atoms with Crippen LogP contribution >= 0.6 is 43.5 Å². The Bertz CT molecular complexity index is 349. The Morgan fingerprint density at radius 3 is 2.29 bits per heavy atom. The molecule has 78 valence electrons. The Kier molecular flexibility index (Phi) is 3.88. The minimum absolute atomic E-state index is 0.253. The Morgan fingerprint density at radius 2 is 1.86 bits per heavy atom. The summed E-state index contributed by atoms with van der Waals surface area (Å²) in [7, 11) is 0. The molecular weight excluding hydrogens is 348 g/mol. The van der Waals surface area contributed by atoms with E-state index in [9.17, 15) is 13.2 Å². The summed E-state index contributed by atoms with van der Waals surface area (Å²) in [5.41, 5.74) is -0.295. The summed E-state index contributed by atoms with van der Waals surface area (Å²) in [5, 5.41) is 0.0495. The van der Waals surface area contributed by atoms with Gasteiger partial charge in [-0.2, -0.15) is 13.2 Å². The van der Waals surface area contributed by atoms with E-state index in [-0.39, 0.29) is 9.50 Å². The van der Waals surface area contributed by atoms with Crippen molar-refractivity contribution in [3.63, 3.8) is 0 Å². The van der Waals surface area contributed by atoms with Gasteiger partial charge in [0.25, 0.3) is 0 Å². The average Bonchev–Trinajstić information content (AvgIpc) is 2.07. The fraction of sp³-hybridized carbons (Fsp3) is 0.250. The molecule has 0 saturated heterocycles. The SMILES string of the molecule is FC(F)(F)c1cc(CBr)cc(Br)c1Cl. The third-order valence-corrected chi connectivity index (χ3v) is 3.46. The van der Waals surface area contributed by atoms with Gasteiger partial charge in [0, 0.05) is 9.80 Å². The molecule has 1 rings (SSSR count). The van der Waals surface area contributed by atoms with Crippen LogP contribution in [0.1, 0.15) is 11.1 Å². The lowest BCUT2D eigenvalue weighted by Crippen LogP contribution is -2.06. The van der Waals surface area contributed by atoms with Crippen LogP contribution in [0.3, 0.4) is 0 Å². The summed E-state index contributed by atoms with van der Waals surface area (Å²) < 4.78 is 37.5. The van der Waals surface area contributed by atoms with Gasteiger partial charge < -0.3 is 0 Å². The Labute approximate surface area is 101 Å². The third-order valence-electron chi connectivity index (χ3n) is 1.55. The van der Waals surface area contributed by atoms with Crippen molar-refractivity contribution in [3.8, 4) is 0 Å². The van der Waals surface area contributed by atoms with Gasteiger partial charge in [0.1, 0.15) is 0 Å². The highest BCUT2D eigenvalue weighted by Gasteiger charge is 2.34. The van der Waals surface area contributed by atoms with Gasteiger partial charge in [0.15, 0.2) is 0 Å². The van der Waals surface area contributed by atoms with E-state index < -0.39 is 11.7 Å². The maximum Gasteiger partial charge on any atom is 0.417 e. The van der Waals surface area contributed by atoms with Gasteiger partial charge in [-0.15, -0.1) is 0 Å². The van der Waals surface area contributed by atoms with Crippen LogP contribution in [0.15, 0.2) is 16.6 Å². The van der Waals surface area contributed by atoms with Gasteiger partial charge >= 0.3 is 6.18 Å². The molecule has 6 heteroatoms. The number of rotatable bonds is 1. The van der Waals surface area contributed by atoms with Gasteiger partial charge in [-0.25, -0.2) is 0 Å². The lowest BCUT2D eigenvalue weighted by Gasteiger charge is -2.11. The second kappa shape index (κ2) is 4.41. The van der Waals surface area contributed by atoms with Crippen LogP contribution < -0.4 is 0 Å². The largest absolute Gasteiger partial charge is 0.417 e. The molecule has 0 unspecified atom stereocenters. The molecule has 0 fully saturated rings. The first-order chi connectivity index (χ1) is 6.36. The van der Waals surface area contributed by atoms with Crippen LogP contribution in [0.25, 0.3) is 0 Å². The molecule has 0 nitrogen and oxygen atoms in total. The highest BCUT2D eigenvalue weighted by molar-refractivity contribution is 9.10. The van der Waals surface area contributed by atoms with Gasteiger partial charge in [-0.3, -0.25) is 0 Å². The molecule has 1 aromatic rings. The molecule has 0 amide bonds. The molecule has 0 aliphatic heterocycles. The van der Waals surface area contributed by atoms with E-state index in [4.69, 9.17) is 11.6 Å². The number of hydrogen-bond acceptors (Lipinski definition) is 0. The maximum atomic E-state index is 12.4. The second-order valence-electron chi connectivity index (χ2n) is 2.57. The van der Waals surface area contributed by atoms with Crippen molar-refractivity contribution in [2.45, 2.75) is 11.5 Å². The molecule has 0 spiro atoms. The first kappa shape index (κ1) is 12.3. The average molecular weight is 352 g/mol. The van der Waals surface area contributed by atoms with E-state index in [2.05, 4.69) is 31.9 Å². The zero-order chi connectivity index (χ0) is 10.9.